The molecular formula is C43H47NO4. The Morgan fingerprint density at radius 3 is 1.73 bits per heavy atom. The molecule has 5 aromatic carbocycles. The van der Waals surface area contributed by atoms with Gasteiger partial charge in [-0.2, -0.15) is 0 Å². The van der Waals surface area contributed by atoms with Crippen molar-refractivity contribution in [3.05, 3.63) is 131 Å². The summed E-state index contributed by atoms with van der Waals surface area (Å²) in [6, 6.07) is 34.3. The van der Waals surface area contributed by atoms with E-state index in [0.29, 0.717) is 17.2 Å². The molecule has 0 bridgehead atoms. The number of ether oxygens (including phenoxy) is 3. The lowest BCUT2D eigenvalue weighted by molar-refractivity contribution is -0.134. The molecule has 248 valence electrons. The van der Waals surface area contributed by atoms with Gasteiger partial charge >= 0.3 is 5.97 Å². The monoisotopic (exact) mass is 641 g/mol. The lowest BCUT2D eigenvalue weighted by atomic mass is 9.84. The molecule has 0 aliphatic heterocycles. The standard InChI is InChI=1S/C43H47NO4/c1-27(2)33-18-12-14-20-35(33)41-29(5)24-30(6)42(36-21-15-13-19-34(36)28(3)4)43(41)48-40(45)26-38(31-16-10-9-11-17-31)44-37-23-22-32(46-7)25-39(37)47-8/h9-25,27-28,38,44H,26H2,1-8H3/t38-/m0/s1. The van der Waals surface area contributed by atoms with Gasteiger partial charge < -0.3 is 19.5 Å². The molecule has 5 aromatic rings. The van der Waals surface area contributed by atoms with Crippen LogP contribution in [-0.2, 0) is 4.79 Å². The predicted octanol–water partition coefficient (Wildman–Crippen LogP) is 11.1. The molecule has 5 heteroatoms. The van der Waals surface area contributed by atoms with Crippen LogP contribution in [0.25, 0.3) is 22.3 Å². The second kappa shape index (κ2) is 15.2. The van der Waals surface area contributed by atoms with Crippen molar-refractivity contribution in [2.75, 3.05) is 19.5 Å². The molecule has 48 heavy (non-hydrogen) atoms. The van der Waals surface area contributed by atoms with Crippen molar-refractivity contribution in [2.24, 2.45) is 0 Å². The average Bonchev–Trinajstić information content (AvgIpc) is 3.08. The molecule has 0 spiro atoms. The number of rotatable bonds is 12. The third-order valence-corrected chi connectivity index (χ3v) is 8.91. The first kappa shape index (κ1) is 34.3. The van der Waals surface area contributed by atoms with E-state index < -0.39 is 0 Å². The fraction of sp³-hybridized carbons (Fsp3) is 0.279. The van der Waals surface area contributed by atoms with Crippen molar-refractivity contribution < 1.29 is 19.0 Å². The lowest BCUT2D eigenvalue weighted by Gasteiger charge is -2.25. The van der Waals surface area contributed by atoms with Crippen LogP contribution in [0.4, 0.5) is 5.69 Å². The van der Waals surface area contributed by atoms with E-state index in [9.17, 15) is 4.79 Å². The second-order valence-electron chi connectivity index (χ2n) is 12.9. The first-order valence-corrected chi connectivity index (χ1v) is 16.7. The van der Waals surface area contributed by atoms with E-state index in [2.05, 4.69) is 101 Å². The number of hydrogen-bond acceptors (Lipinski definition) is 5. The molecule has 0 saturated heterocycles. The van der Waals surface area contributed by atoms with Gasteiger partial charge in [0, 0.05) is 17.2 Å². The van der Waals surface area contributed by atoms with E-state index in [0.717, 1.165) is 44.6 Å². The maximum absolute atomic E-state index is 14.4. The minimum absolute atomic E-state index is 0.0860. The number of anilines is 1. The molecular weight excluding hydrogens is 594 g/mol. The molecule has 0 aliphatic carbocycles. The number of carbonyl (C=O) groups is 1. The number of methoxy groups -OCH3 is 2. The van der Waals surface area contributed by atoms with Gasteiger partial charge in [0.05, 0.1) is 32.4 Å². The second-order valence-corrected chi connectivity index (χ2v) is 12.9. The molecule has 0 fully saturated rings. The van der Waals surface area contributed by atoms with Crippen molar-refractivity contribution in [1.29, 1.82) is 0 Å². The molecule has 1 atom stereocenters. The first-order chi connectivity index (χ1) is 23.1. The summed E-state index contributed by atoms with van der Waals surface area (Å²) in [5.41, 5.74) is 10.3. The maximum atomic E-state index is 14.4. The normalized spacial score (nSPS) is 11.8. The summed E-state index contributed by atoms with van der Waals surface area (Å²) in [6.45, 7) is 13.0. The van der Waals surface area contributed by atoms with Gasteiger partial charge in [0.15, 0.2) is 0 Å². The van der Waals surface area contributed by atoms with Crippen LogP contribution in [0.1, 0.15) is 79.8 Å². The minimum Gasteiger partial charge on any atom is -0.497 e. The van der Waals surface area contributed by atoms with Gasteiger partial charge in [0.25, 0.3) is 0 Å². The Kier molecular flexibility index (Phi) is 10.9. The summed E-state index contributed by atoms with van der Waals surface area (Å²) in [5.74, 6) is 2.14. The zero-order valence-corrected chi connectivity index (χ0v) is 29.4. The molecule has 0 radical (unpaired) electrons. The molecule has 1 N–H and O–H groups in total. The molecule has 0 heterocycles. The molecule has 0 aliphatic rings. The van der Waals surface area contributed by atoms with Crippen LogP contribution >= 0.6 is 0 Å². The number of nitrogens with one attached hydrogen (secondary N) is 1. The first-order valence-electron chi connectivity index (χ1n) is 16.7. The summed E-state index contributed by atoms with van der Waals surface area (Å²) in [6.07, 6.45) is 0.0860. The summed E-state index contributed by atoms with van der Waals surface area (Å²) in [4.78, 5) is 14.4. The zero-order valence-electron chi connectivity index (χ0n) is 29.4. The van der Waals surface area contributed by atoms with Crippen LogP contribution in [0.2, 0.25) is 0 Å². The van der Waals surface area contributed by atoms with Gasteiger partial charge in [-0.15, -0.1) is 0 Å². The van der Waals surface area contributed by atoms with Gasteiger partial charge in [-0.1, -0.05) is 113 Å². The summed E-state index contributed by atoms with van der Waals surface area (Å²) in [5, 5.41) is 3.56. The molecule has 0 amide bonds. The highest BCUT2D eigenvalue weighted by Crippen LogP contribution is 2.47. The van der Waals surface area contributed by atoms with E-state index >= 15 is 0 Å². The van der Waals surface area contributed by atoms with E-state index in [1.54, 1.807) is 14.2 Å². The Hall–Kier alpha value is -5.03. The van der Waals surface area contributed by atoms with E-state index in [1.807, 2.05) is 48.5 Å². The topological polar surface area (TPSA) is 56.8 Å². The zero-order chi connectivity index (χ0) is 34.4. The average molecular weight is 642 g/mol. The largest absolute Gasteiger partial charge is 0.497 e. The van der Waals surface area contributed by atoms with Crippen LogP contribution in [0.5, 0.6) is 17.2 Å². The Balaban J connectivity index is 1.65. The smallest absolute Gasteiger partial charge is 0.313 e. The van der Waals surface area contributed by atoms with Gasteiger partial charge in [0.2, 0.25) is 0 Å². The summed E-state index contributed by atoms with van der Waals surface area (Å²) >= 11 is 0. The lowest BCUT2D eigenvalue weighted by Crippen LogP contribution is -2.20. The van der Waals surface area contributed by atoms with Crippen molar-refractivity contribution in [3.63, 3.8) is 0 Å². The molecule has 0 unspecified atom stereocenters. The molecule has 0 saturated carbocycles. The van der Waals surface area contributed by atoms with Crippen molar-refractivity contribution >= 4 is 11.7 Å². The van der Waals surface area contributed by atoms with Crippen LogP contribution in [-0.4, -0.2) is 20.2 Å². The van der Waals surface area contributed by atoms with Crippen LogP contribution in [0, 0.1) is 13.8 Å². The Labute approximate surface area is 285 Å². The Morgan fingerprint density at radius 2 is 1.21 bits per heavy atom. The van der Waals surface area contributed by atoms with Crippen molar-refractivity contribution in [2.45, 2.75) is 65.8 Å². The number of aryl methyl sites for hydroxylation is 2. The van der Waals surface area contributed by atoms with E-state index in [1.165, 1.54) is 11.1 Å². The Morgan fingerprint density at radius 1 is 0.667 bits per heavy atom. The third-order valence-electron chi connectivity index (χ3n) is 8.91. The minimum atomic E-state index is -0.385. The highest BCUT2D eigenvalue weighted by Gasteiger charge is 2.27. The Bertz CT molecular complexity index is 1800. The molecule has 5 rings (SSSR count). The summed E-state index contributed by atoms with van der Waals surface area (Å²) in [7, 11) is 3.25. The predicted molar refractivity (Wildman–Crippen MR) is 198 cm³/mol. The molecule has 5 nitrogen and oxygen atoms in total. The van der Waals surface area contributed by atoms with Crippen LogP contribution in [0.15, 0.2) is 103 Å². The summed E-state index contributed by atoms with van der Waals surface area (Å²) < 4.78 is 17.8. The number of hydrogen-bond donors (Lipinski definition) is 1. The van der Waals surface area contributed by atoms with E-state index in [-0.39, 0.29) is 30.3 Å². The van der Waals surface area contributed by atoms with Crippen LogP contribution < -0.4 is 19.5 Å². The SMILES string of the molecule is COc1ccc(N[C@@H](CC(=O)Oc2c(-c3ccccc3C(C)C)c(C)cc(C)c2-c2ccccc2C(C)C)c2ccccc2)c(OC)c1. The maximum Gasteiger partial charge on any atom is 0.313 e. The third kappa shape index (κ3) is 7.41. The van der Waals surface area contributed by atoms with Gasteiger partial charge in [-0.3, -0.25) is 4.79 Å². The van der Waals surface area contributed by atoms with E-state index in [4.69, 9.17) is 14.2 Å². The van der Waals surface area contributed by atoms with Gasteiger partial charge in [-0.25, -0.2) is 0 Å². The van der Waals surface area contributed by atoms with Crippen LogP contribution in [0.3, 0.4) is 0 Å². The van der Waals surface area contributed by atoms with Crippen molar-refractivity contribution in [1.82, 2.24) is 0 Å². The fourth-order valence-electron chi connectivity index (χ4n) is 6.55. The highest BCUT2D eigenvalue weighted by molar-refractivity contribution is 5.91. The quantitative estimate of drug-likeness (QED) is 0.108. The highest BCUT2D eigenvalue weighted by atomic mass is 16.5. The number of benzene rings is 5. The van der Waals surface area contributed by atoms with Gasteiger partial charge in [-0.05, 0) is 76.8 Å². The number of esters is 1. The molecule has 0 aromatic heterocycles. The number of carbonyl (C=O) groups excluding carboxylic acids is 1. The fourth-order valence-corrected chi connectivity index (χ4v) is 6.55. The van der Waals surface area contributed by atoms with Crippen molar-refractivity contribution in [3.8, 4) is 39.5 Å². The van der Waals surface area contributed by atoms with Gasteiger partial charge in [0.1, 0.15) is 17.2 Å².